The van der Waals surface area contributed by atoms with E-state index in [0.29, 0.717) is 6.54 Å². The Hall–Kier alpha value is -1.00. The fourth-order valence-electron chi connectivity index (χ4n) is 2.52. The van der Waals surface area contributed by atoms with Gasteiger partial charge in [0.05, 0.1) is 8.95 Å². The number of carbonyl (C=O) groups is 1. The topological polar surface area (TPSA) is 20.9 Å². The number of pyridine rings is 1. The molecule has 0 bridgehead atoms. The fourth-order valence-corrected chi connectivity index (χ4v) is 3.84. The number of Topliss-reactive ketones (excluding diaryl/α,β-unsaturated/α-hetero) is 1. The van der Waals surface area contributed by atoms with Crippen molar-refractivity contribution in [2.24, 2.45) is 0 Å². The number of carbonyl (C=O) groups excluding carboxylic acids is 1. The summed E-state index contributed by atoms with van der Waals surface area (Å²) in [5, 5.41) is 0. The molecular weight excluding hydrogens is 382 g/mol. The average Bonchev–Trinajstić information content (AvgIpc) is 2.25. The average molecular weight is 398 g/mol. The summed E-state index contributed by atoms with van der Waals surface area (Å²) >= 11 is 6.87. The predicted molar refractivity (Wildman–Crippen MR) is 87.0 cm³/mol. The van der Waals surface area contributed by atoms with E-state index >= 15 is 0 Å². The molecular formula is C16H16Br2NO+. The van der Waals surface area contributed by atoms with Crippen LogP contribution >= 0.6 is 31.9 Å². The normalized spacial score (nSPS) is 10.7. The monoisotopic (exact) mass is 396 g/mol. The highest BCUT2D eigenvalue weighted by atomic mass is 79.9. The highest BCUT2D eigenvalue weighted by Gasteiger charge is 2.17. The van der Waals surface area contributed by atoms with Crippen molar-refractivity contribution < 1.29 is 9.36 Å². The summed E-state index contributed by atoms with van der Waals surface area (Å²) in [6, 6.07) is 6.06. The van der Waals surface area contributed by atoms with Crippen LogP contribution < -0.4 is 4.57 Å². The van der Waals surface area contributed by atoms with Crippen LogP contribution in [0.1, 0.15) is 27.0 Å². The maximum atomic E-state index is 12.5. The van der Waals surface area contributed by atoms with Crippen LogP contribution in [-0.4, -0.2) is 5.78 Å². The molecule has 0 N–H and O–H groups in total. The van der Waals surface area contributed by atoms with E-state index in [1.54, 1.807) is 0 Å². The molecule has 0 fully saturated rings. The molecule has 104 valence electrons. The smallest absolute Gasteiger partial charge is 0.228 e. The number of rotatable bonds is 3. The molecule has 0 aliphatic rings. The molecule has 2 rings (SSSR count). The van der Waals surface area contributed by atoms with Crippen molar-refractivity contribution in [3.05, 3.63) is 61.8 Å². The summed E-state index contributed by atoms with van der Waals surface area (Å²) in [6.45, 7) is 6.38. The molecule has 0 unspecified atom stereocenters. The molecule has 0 atom stereocenters. The van der Waals surface area contributed by atoms with Gasteiger partial charge in [-0.15, -0.1) is 0 Å². The van der Waals surface area contributed by atoms with Crippen molar-refractivity contribution in [3.8, 4) is 0 Å². The van der Waals surface area contributed by atoms with Crippen molar-refractivity contribution in [1.82, 2.24) is 0 Å². The van der Waals surface area contributed by atoms with E-state index in [4.69, 9.17) is 0 Å². The maximum Gasteiger partial charge on any atom is 0.228 e. The number of hydrogen-bond acceptors (Lipinski definition) is 1. The Morgan fingerprint density at radius 3 is 2.00 bits per heavy atom. The van der Waals surface area contributed by atoms with Gasteiger partial charge in [-0.2, -0.15) is 4.57 Å². The molecule has 1 heterocycles. The third-order valence-electron chi connectivity index (χ3n) is 3.14. The lowest BCUT2D eigenvalue weighted by Gasteiger charge is -2.08. The molecule has 0 aliphatic carbocycles. The highest BCUT2D eigenvalue weighted by molar-refractivity contribution is 9.11. The van der Waals surface area contributed by atoms with E-state index in [2.05, 4.69) is 50.9 Å². The number of halogens is 2. The van der Waals surface area contributed by atoms with E-state index in [-0.39, 0.29) is 5.78 Å². The third-order valence-corrected chi connectivity index (χ3v) is 4.00. The second-order valence-electron chi connectivity index (χ2n) is 5.04. The summed E-state index contributed by atoms with van der Waals surface area (Å²) in [4.78, 5) is 12.5. The Morgan fingerprint density at radius 1 is 1.00 bits per heavy atom. The second-order valence-corrected chi connectivity index (χ2v) is 6.87. The highest BCUT2D eigenvalue weighted by Crippen LogP contribution is 2.18. The third kappa shape index (κ3) is 3.55. The van der Waals surface area contributed by atoms with Gasteiger partial charge in [0.2, 0.25) is 12.3 Å². The molecule has 0 aliphatic heterocycles. The number of hydrogen-bond donors (Lipinski definition) is 0. The van der Waals surface area contributed by atoms with Crippen LogP contribution in [0.4, 0.5) is 0 Å². The molecule has 0 amide bonds. The van der Waals surface area contributed by atoms with Crippen LogP contribution in [0.3, 0.4) is 0 Å². The first-order valence-corrected chi connectivity index (χ1v) is 7.91. The molecule has 1 aromatic heterocycles. The van der Waals surface area contributed by atoms with Crippen LogP contribution in [0.5, 0.6) is 0 Å². The zero-order valence-electron chi connectivity index (χ0n) is 11.7. The summed E-state index contributed by atoms with van der Waals surface area (Å²) in [5.41, 5.74) is 4.11. The van der Waals surface area contributed by atoms with Gasteiger partial charge in [-0.05, 0) is 69.8 Å². The van der Waals surface area contributed by atoms with E-state index < -0.39 is 0 Å². The first-order chi connectivity index (χ1) is 9.36. The fraction of sp³-hybridized carbons (Fsp3) is 0.250. The number of aryl methyl sites for hydroxylation is 3. The van der Waals surface area contributed by atoms with Gasteiger partial charge in [0.15, 0.2) is 12.4 Å². The van der Waals surface area contributed by atoms with Gasteiger partial charge < -0.3 is 0 Å². The predicted octanol–water partition coefficient (Wildman–Crippen LogP) is 4.31. The number of ketones is 1. The van der Waals surface area contributed by atoms with Gasteiger partial charge in [-0.1, -0.05) is 17.7 Å². The van der Waals surface area contributed by atoms with Gasteiger partial charge in [0.1, 0.15) is 0 Å². The zero-order valence-corrected chi connectivity index (χ0v) is 14.9. The van der Waals surface area contributed by atoms with Gasteiger partial charge in [-0.3, -0.25) is 4.79 Å². The number of benzene rings is 1. The second kappa shape index (κ2) is 6.19. The molecule has 0 spiro atoms. The summed E-state index contributed by atoms with van der Waals surface area (Å²) in [5.74, 6) is 0.134. The van der Waals surface area contributed by atoms with Gasteiger partial charge >= 0.3 is 0 Å². The van der Waals surface area contributed by atoms with Crippen molar-refractivity contribution in [3.63, 3.8) is 0 Å². The summed E-state index contributed by atoms with van der Waals surface area (Å²) in [7, 11) is 0. The van der Waals surface area contributed by atoms with Crippen LogP contribution in [0.15, 0.2) is 39.5 Å². The van der Waals surface area contributed by atoms with E-state index in [1.165, 1.54) is 5.56 Å². The Kier molecular flexibility index (Phi) is 4.76. The molecule has 0 saturated carbocycles. The van der Waals surface area contributed by atoms with Gasteiger partial charge in [-0.25, -0.2) is 0 Å². The first-order valence-electron chi connectivity index (χ1n) is 6.33. The Morgan fingerprint density at radius 2 is 1.50 bits per heavy atom. The molecule has 2 aromatic rings. The van der Waals surface area contributed by atoms with Gasteiger partial charge in [0, 0.05) is 5.56 Å². The van der Waals surface area contributed by atoms with Gasteiger partial charge in [0.25, 0.3) is 0 Å². The lowest BCUT2D eigenvalue weighted by Crippen LogP contribution is -2.37. The minimum Gasteiger partial charge on any atom is -0.287 e. The lowest BCUT2D eigenvalue weighted by atomic mass is 9.96. The zero-order chi connectivity index (χ0) is 14.9. The van der Waals surface area contributed by atoms with Crippen LogP contribution in [0.2, 0.25) is 0 Å². The summed E-state index contributed by atoms with van der Waals surface area (Å²) in [6.07, 6.45) is 3.81. The van der Waals surface area contributed by atoms with Crippen LogP contribution in [-0.2, 0) is 6.54 Å². The molecule has 20 heavy (non-hydrogen) atoms. The van der Waals surface area contributed by atoms with Crippen molar-refractivity contribution in [2.75, 3.05) is 0 Å². The SMILES string of the molecule is Cc1cc(C)c(C(=O)C[n+]2cc(Br)cc(Br)c2)c(C)c1. The van der Waals surface area contributed by atoms with Crippen molar-refractivity contribution in [1.29, 1.82) is 0 Å². The Balaban J connectivity index is 2.33. The number of nitrogens with zero attached hydrogens (tertiary/aromatic N) is 1. The first kappa shape index (κ1) is 15.4. The minimum atomic E-state index is 0.134. The number of aromatic nitrogens is 1. The Labute approximate surface area is 136 Å². The Bertz CT molecular complexity index is 637. The quantitative estimate of drug-likeness (QED) is 0.558. The molecule has 1 aromatic carbocycles. The van der Waals surface area contributed by atoms with Crippen LogP contribution in [0, 0.1) is 20.8 Å². The van der Waals surface area contributed by atoms with E-state index in [1.807, 2.05) is 36.9 Å². The van der Waals surface area contributed by atoms with Crippen LogP contribution in [0.25, 0.3) is 0 Å². The minimum absolute atomic E-state index is 0.134. The van der Waals surface area contributed by atoms with E-state index in [9.17, 15) is 4.79 Å². The molecule has 0 radical (unpaired) electrons. The summed E-state index contributed by atoms with van der Waals surface area (Å²) < 4.78 is 3.77. The van der Waals surface area contributed by atoms with Crippen molar-refractivity contribution >= 4 is 37.6 Å². The molecule has 4 heteroatoms. The lowest BCUT2D eigenvalue weighted by molar-refractivity contribution is -0.684. The van der Waals surface area contributed by atoms with E-state index in [0.717, 1.165) is 25.6 Å². The molecule has 2 nitrogen and oxygen atoms in total. The van der Waals surface area contributed by atoms with Crippen molar-refractivity contribution in [2.45, 2.75) is 27.3 Å². The maximum absolute atomic E-state index is 12.5. The largest absolute Gasteiger partial charge is 0.287 e. The standard InChI is InChI=1S/C16H16Br2NO/c1-10-4-11(2)16(12(3)5-10)15(20)9-19-7-13(17)6-14(18)8-19/h4-8H,9H2,1-3H3/q+1. The molecule has 0 saturated heterocycles.